The fourth-order valence-corrected chi connectivity index (χ4v) is 6.04. The Bertz CT molecular complexity index is 1240. The Morgan fingerprint density at radius 3 is 2.57 bits per heavy atom. The maximum Gasteiger partial charge on any atom is 0.159 e. The molecule has 2 heterocycles. The van der Waals surface area contributed by atoms with Crippen molar-refractivity contribution in [2.75, 3.05) is 0 Å². The number of aryl methyl sites for hydroxylation is 1. The Hall–Kier alpha value is -3.20. The van der Waals surface area contributed by atoms with E-state index >= 15 is 0 Å². The van der Waals surface area contributed by atoms with Crippen LogP contribution in [-0.2, 0) is 24.1 Å². The van der Waals surface area contributed by atoms with Crippen LogP contribution in [0.3, 0.4) is 0 Å². The molecule has 0 amide bonds. The van der Waals surface area contributed by atoms with Crippen LogP contribution in [0.1, 0.15) is 86.6 Å². The number of hydrogen-bond donors (Lipinski definition) is 0. The van der Waals surface area contributed by atoms with Crippen LogP contribution in [-0.4, -0.2) is 10.8 Å². The maximum atomic E-state index is 12.7. The van der Waals surface area contributed by atoms with E-state index in [9.17, 15) is 4.79 Å². The summed E-state index contributed by atoms with van der Waals surface area (Å²) in [6.07, 6.45) is 17.8. The zero-order valence-electron chi connectivity index (χ0n) is 22.1. The Morgan fingerprint density at radius 1 is 0.946 bits per heavy atom. The second kappa shape index (κ2) is 12.4. The molecule has 0 spiro atoms. The van der Waals surface area contributed by atoms with Crippen molar-refractivity contribution in [3.63, 3.8) is 0 Å². The van der Waals surface area contributed by atoms with Crippen LogP contribution in [0.25, 0.3) is 5.57 Å². The molecule has 1 aromatic carbocycles. The third-order valence-electron chi connectivity index (χ3n) is 8.10. The van der Waals surface area contributed by atoms with Gasteiger partial charge in [-0.25, -0.2) is 0 Å². The topological polar surface area (TPSA) is 43.1 Å². The fraction of sp³-hybridized carbons (Fsp3) is 0.412. The lowest BCUT2D eigenvalue weighted by atomic mass is 9.78. The molecular formula is C34H39NO2. The highest BCUT2D eigenvalue weighted by Gasteiger charge is 2.21. The summed E-state index contributed by atoms with van der Waals surface area (Å²) >= 11 is 0. The van der Waals surface area contributed by atoms with Gasteiger partial charge in [-0.2, -0.15) is 0 Å². The van der Waals surface area contributed by atoms with Crippen LogP contribution in [0.4, 0.5) is 0 Å². The summed E-state index contributed by atoms with van der Waals surface area (Å²) in [5, 5.41) is 0. The van der Waals surface area contributed by atoms with Crippen molar-refractivity contribution in [3.05, 3.63) is 107 Å². The molecule has 0 radical (unpaired) electrons. The number of rotatable bonds is 11. The largest absolute Gasteiger partial charge is 0.469 e. The van der Waals surface area contributed by atoms with Gasteiger partial charge in [0.2, 0.25) is 0 Å². The summed E-state index contributed by atoms with van der Waals surface area (Å²) in [6.45, 7) is 2.31. The number of hydrogen-bond acceptors (Lipinski definition) is 3. The van der Waals surface area contributed by atoms with E-state index in [1.165, 1.54) is 56.1 Å². The van der Waals surface area contributed by atoms with E-state index in [1.807, 2.05) is 18.2 Å². The summed E-state index contributed by atoms with van der Waals surface area (Å²) < 4.78 is 5.36. The number of allylic oxidation sites excluding steroid dienone is 4. The van der Waals surface area contributed by atoms with Crippen molar-refractivity contribution in [3.8, 4) is 0 Å². The monoisotopic (exact) mass is 493 g/mol. The Labute approximate surface area is 221 Å². The normalized spacial score (nSPS) is 19.5. The van der Waals surface area contributed by atoms with E-state index in [1.54, 1.807) is 6.26 Å². The van der Waals surface area contributed by atoms with Gasteiger partial charge in [0.15, 0.2) is 5.78 Å². The molecule has 0 bridgehead atoms. The van der Waals surface area contributed by atoms with Crippen molar-refractivity contribution < 1.29 is 9.21 Å². The molecule has 3 heteroatoms. The van der Waals surface area contributed by atoms with E-state index < -0.39 is 0 Å². The van der Waals surface area contributed by atoms with Gasteiger partial charge in [-0.3, -0.25) is 9.78 Å². The molecule has 2 aliphatic rings. The quantitative estimate of drug-likeness (QED) is 0.270. The van der Waals surface area contributed by atoms with Crippen LogP contribution < -0.4 is 0 Å². The summed E-state index contributed by atoms with van der Waals surface area (Å²) in [5.41, 5.74) is 6.83. The summed E-state index contributed by atoms with van der Waals surface area (Å²) in [4.78, 5) is 17.7. The fourth-order valence-electron chi connectivity index (χ4n) is 6.04. The van der Waals surface area contributed by atoms with E-state index in [-0.39, 0.29) is 5.78 Å². The number of Topliss-reactive ketones (excluding diaryl/α,β-unsaturated/α-hetero) is 1. The Kier molecular flexibility index (Phi) is 8.50. The van der Waals surface area contributed by atoms with E-state index in [2.05, 4.69) is 55.5 Å². The second-order valence-corrected chi connectivity index (χ2v) is 11.0. The van der Waals surface area contributed by atoms with Gasteiger partial charge in [-0.1, -0.05) is 75.1 Å². The highest BCUT2D eigenvalue weighted by atomic mass is 16.3. The Morgan fingerprint density at radius 2 is 1.76 bits per heavy atom. The third kappa shape index (κ3) is 6.97. The minimum atomic E-state index is 0.189. The standard InChI is InChI=1S/C34H39NO2/c1-2-6-25-12-14-26(15-13-25)21-27-7-3-8-28(22-27)23-31-9-4-11-33(35-31)29-16-17-30(24-29)34(36)19-18-32-10-5-20-37-32/h3-5,7-11,16-17,20,22,25-26H,2,6,12-15,18-19,21,23-24H2,1H3. The molecule has 37 heavy (non-hydrogen) atoms. The average molecular weight is 494 g/mol. The van der Waals surface area contributed by atoms with Crippen LogP contribution in [0.2, 0.25) is 0 Å². The first kappa shape index (κ1) is 25.4. The Balaban J connectivity index is 1.15. The molecule has 0 N–H and O–H groups in total. The van der Waals surface area contributed by atoms with Gasteiger partial charge in [0, 0.05) is 31.4 Å². The third-order valence-corrected chi connectivity index (χ3v) is 8.10. The summed E-state index contributed by atoms with van der Waals surface area (Å²) in [6, 6.07) is 19.2. The summed E-state index contributed by atoms with van der Waals surface area (Å²) in [5.74, 6) is 2.85. The zero-order valence-corrected chi connectivity index (χ0v) is 22.1. The van der Waals surface area contributed by atoms with Gasteiger partial charge in [0.05, 0.1) is 12.0 Å². The summed E-state index contributed by atoms with van der Waals surface area (Å²) in [7, 11) is 0. The number of pyridine rings is 1. The minimum absolute atomic E-state index is 0.189. The first-order valence-corrected chi connectivity index (χ1v) is 14.2. The van der Waals surface area contributed by atoms with Gasteiger partial charge in [-0.05, 0) is 77.6 Å². The van der Waals surface area contributed by atoms with Crippen LogP contribution in [0.5, 0.6) is 0 Å². The molecule has 3 nitrogen and oxygen atoms in total. The van der Waals surface area contributed by atoms with Crippen molar-refractivity contribution in [1.82, 2.24) is 4.98 Å². The molecule has 0 saturated heterocycles. The van der Waals surface area contributed by atoms with Crippen molar-refractivity contribution in [2.45, 2.75) is 77.6 Å². The molecule has 2 aromatic heterocycles. The lowest BCUT2D eigenvalue weighted by Crippen LogP contribution is -2.16. The lowest BCUT2D eigenvalue weighted by molar-refractivity contribution is -0.115. The number of furan rings is 1. The highest BCUT2D eigenvalue weighted by molar-refractivity contribution is 5.99. The predicted octanol–water partition coefficient (Wildman–Crippen LogP) is 8.33. The molecule has 3 aromatic rings. The number of aromatic nitrogens is 1. The van der Waals surface area contributed by atoms with E-state index in [0.717, 1.165) is 46.6 Å². The van der Waals surface area contributed by atoms with Crippen LogP contribution in [0, 0.1) is 11.8 Å². The second-order valence-electron chi connectivity index (χ2n) is 11.0. The molecule has 0 atom stereocenters. The number of carbonyl (C=O) groups is 1. The minimum Gasteiger partial charge on any atom is -0.469 e. The number of ketones is 1. The van der Waals surface area contributed by atoms with Gasteiger partial charge in [0.1, 0.15) is 5.76 Å². The van der Waals surface area contributed by atoms with Crippen molar-refractivity contribution in [1.29, 1.82) is 0 Å². The van der Waals surface area contributed by atoms with Gasteiger partial charge >= 0.3 is 0 Å². The van der Waals surface area contributed by atoms with Gasteiger partial charge < -0.3 is 4.42 Å². The van der Waals surface area contributed by atoms with E-state index in [0.29, 0.717) is 19.3 Å². The van der Waals surface area contributed by atoms with Gasteiger partial charge in [-0.15, -0.1) is 0 Å². The smallest absolute Gasteiger partial charge is 0.159 e. The molecule has 192 valence electrons. The molecule has 0 unspecified atom stereocenters. The molecule has 2 aliphatic carbocycles. The van der Waals surface area contributed by atoms with Crippen LogP contribution >= 0.6 is 0 Å². The molecular weight excluding hydrogens is 454 g/mol. The van der Waals surface area contributed by atoms with Gasteiger partial charge in [0.25, 0.3) is 0 Å². The number of benzene rings is 1. The molecule has 1 fully saturated rings. The predicted molar refractivity (Wildman–Crippen MR) is 150 cm³/mol. The average Bonchev–Trinajstić information content (AvgIpc) is 3.62. The number of carbonyl (C=O) groups excluding carboxylic acids is 1. The lowest BCUT2D eigenvalue weighted by Gasteiger charge is -2.28. The first-order valence-electron chi connectivity index (χ1n) is 14.2. The molecule has 0 aliphatic heterocycles. The molecule has 1 saturated carbocycles. The zero-order chi connectivity index (χ0) is 25.5. The number of nitrogens with zero attached hydrogens (tertiary/aromatic N) is 1. The maximum absolute atomic E-state index is 12.7. The SMILES string of the molecule is CCCC1CCC(Cc2cccc(Cc3cccc(C4=CC=C(C(=O)CCc5ccco5)C4)n3)c2)CC1. The van der Waals surface area contributed by atoms with Crippen LogP contribution in [0.15, 0.2) is 83.0 Å². The highest BCUT2D eigenvalue weighted by Crippen LogP contribution is 2.33. The van der Waals surface area contributed by atoms with Crippen molar-refractivity contribution in [2.24, 2.45) is 11.8 Å². The van der Waals surface area contributed by atoms with E-state index in [4.69, 9.17) is 9.40 Å². The molecule has 5 rings (SSSR count). The van der Waals surface area contributed by atoms with Crippen molar-refractivity contribution >= 4 is 11.4 Å². The first-order chi connectivity index (χ1) is 18.2.